The number of halogens is 3. The van der Waals surface area contributed by atoms with Gasteiger partial charge in [0.2, 0.25) is 0 Å². The quantitative estimate of drug-likeness (QED) is 0.751. The molecule has 2 atom stereocenters. The summed E-state index contributed by atoms with van der Waals surface area (Å²) >= 11 is 0. The molecule has 0 aromatic rings. The Kier molecular flexibility index (Phi) is 6.60. The number of hydrogen-bond acceptors (Lipinski definition) is 2. The molecule has 0 aliphatic carbocycles. The molecule has 0 bridgehead atoms. The molecule has 1 aliphatic rings. The standard InChI is InChI=1S/C14H27F3N2/c1-4-7-18-9-13(11(2)3)19-8-5-6-12(10-19)14(15,16)17/h11-13,18H,4-10H2,1-3H3. The Balaban J connectivity index is 2.58. The van der Waals surface area contributed by atoms with Gasteiger partial charge < -0.3 is 5.32 Å². The summed E-state index contributed by atoms with van der Waals surface area (Å²) in [6.45, 7) is 8.96. The van der Waals surface area contributed by atoms with Crippen LogP contribution in [0.2, 0.25) is 0 Å². The SMILES string of the molecule is CCCNCC(C(C)C)N1CCCC(C(F)(F)F)C1. The fourth-order valence-electron chi connectivity index (χ4n) is 2.79. The monoisotopic (exact) mass is 280 g/mol. The van der Waals surface area contributed by atoms with Gasteiger partial charge in [-0.25, -0.2) is 0 Å². The van der Waals surface area contributed by atoms with Crippen LogP contribution in [-0.2, 0) is 0 Å². The summed E-state index contributed by atoms with van der Waals surface area (Å²) in [6, 6.07) is 0.205. The Morgan fingerprint density at radius 1 is 1.32 bits per heavy atom. The molecule has 0 radical (unpaired) electrons. The molecule has 0 aromatic heterocycles. The van der Waals surface area contributed by atoms with Crippen molar-refractivity contribution < 1.29 is 13.2 Å². The lowest BCUT2D eigenvalue weighted by molar-refractivity contribution is -0.189. The van der Waals surface area contributed by atoms with Crippen molar-refractivity contribution in [3.63, 3.8) is 0 Å². The fraction of sp³-hybridized carbons (Fsp3) is 1.00. The Morgan fingerprint density at radius 2 is 2.00 bits per heavy atom. The van der Waals surface area contributed by atoms with E-state index in [0.717, 1.165) is 26.1 Å². The number of alkyl halides is 3. The Hall–Kier alpha value is -0.290. The third-order valence-corrected chi connectivity index (χ3v) is 3.93. The normalized spacial score (nSPS) is 23.8. The van der Waals surface area contributed by atoms with E-state index in [4.69, 9.17) is 0 Å². The van der Waals surface area contributed by atoms with Crippen LogP contribution < -0.4 is 5.32 Å². The van der Waals surface area contributed by atoms with Gasteiger partial charge in [-0.2, -0.15) is 13.2 Å². The lowest BCUT2D eigenvalue weighted by Crippen LogP contribution is -2.52. The molecule has 1 N–H and O–H groups in total. The van der Waals surface area contributed by atoms with Gasteiger partial charge >= 0.3 is 6.18 Å². The zero-order chi connectivity index (χ0) is 14.5. The molecule has 0 amide bonds. The van der Waals surface area contributed by atoms with Crippen LogP contribution in [0.15, 0.2) is 0 Å². The van der Waals surface area contributed by atoms with Crippen LogP contribution in [0.4, 0.5) is 13.2 Å². The number of piperidine rings is 1. The number of hydrogen-bond donors (Lipinski definition) is 1. The lowest BCUT2D eigenvalue weighted by atomic mass is 9.93. The van der Waals surface area contributed by atoms with Crippen molar-refractivity contribution in [2.75, 3.05) is 26.2 Å². The van der Waals surface area contributed by atoms with Crippen LogP contribution in [-0.4, -0.2) is 43.3 Å². The highest BCUT2D eigenvalue weighted by atomic mass is 19.4. The van der Waals surface area contributed by atoms with Gasteiger partial charge in [0.05, 0.1) is 5.92 Å². The summed E-state index contributed by atoms with van der Waals surface area (Å²) in [7, 11) is 0. The van der Waals surface area contributed by atoms with Crippen molar-refractivity contribution in [3.05, 3.63) is 0 Å². The highest BCUT2D eigenvalue weighted by Crippen LogP contribution is 2.34. The van der Waals surface area contributed by atoms with Crippen LogP contribution >= 0.6 is 0 Å². The molecule has 0 aromatic carbocycles. The molecule has 5 heteroatoms. The fourth-order valence-corrected chi connectivity index (χ4v) is 2.79. The molecular weight excluding hydrogens is 253 g/mol. The van der Waals surface area contributed by atoms with Gasteiger partial charge in [0.15, 0.2) is 0 Å². The Morgan fingerprint density at radius 3 is 2.53 bits per heavy atom. The van der Waals surface area contributed by atoms with E-state index in [1.807, 2.05) is 4.90 Å². The van der Waals surface area contributed by atoms with Crippen molar-refractivity contribution >= 4 is 0 Å². The largest absolute Gasteiger partial charge is 0.393 e. The van der Waals surface area contributed by atoms with E-state index in [1.54, 1.807) is 0 Å². The smallest absolute Gasteiger partial charge is 0.315 e. The molecular formula is C14H27F3N2. The maximum absolute atomic E-state index is 12.8. The van der Waals surface area contributed by atoms with Gasteiger partial charge in [0.25, 0.3) is 0 Å². The highest BCUT2D eigenvalue weighted by molar-refractivity contribution is 4.85. The second kappa shape index (κ2) is 7.48. The van der Waals surface area contributed by atoms with Crippen molar-refractivity contribution in [2.45, 2.75) is 52.3 Å². The summed E-state index contributed by atoms with van der Waals surface area (Å²) in [5.41, 5.74) is 0. The molecule has 114 valence electrons. The second-order valence-electron chi connectivity index (χ2n) is 5.89. The van der Waals surface area contributed by atoms with Gasteiger partial charge in [0, 0.05) is 19.1 Å². The van der Waals surface area contributed by atoms with E-state index in [0.29, 0.717) is 12.3 Å². The third kappa shape index (κ3) is 5.30. The molecule has 19 heavy (non-hydrogen) atoms. The summed E-state index contributed by atoms with van der Waals surface area (Å²) in [5.74, 6) is -0.773. The van der Waals surface area contributed by atoms with Crippen LogP contribution in [0.25, 0.3) is 0 Å². The van der Waals surface area contributed by atoms with Crippen LogP contribution in [0.5, 0.6) is 0 Å². The van der Waals surface area contributed by atoms with Crippen LogP contribution in [0.3, 0.4) is 0 Å². The van der Waals surface area contributed by atoms with E-state index in [2.05, 4.69) is 26.1 Å². The summed E-state index contributed by atoms with van der Waals surface area (Å²) < 4.78 is 38.5. The zero-order valence-electron chi connectivity index (χ0n) is 12.3. The molecule has 0 spiro atoms. The molecule has 2 nitrogen and oxygen atoms in total. The van der Waals surface area contributed by atoms with Gasteiger partial charge in [-0.15, -0.1) is 0 Å². The minimum Gasteiger partial charge on any atom is -0.315 e. The number of likely N-dealkylation sites (tertiary alicyclic amines) is 1. The summed E-state index contributed by atoms with van der Waals surface area (Å²) in [5, 5.41) is 3.34. The van der Waals surface area contributed by atoms with E-state index in [-0.39, 0.29) is 19.0 Å². The predicted molar refractivity (Wildman–Crippen MR) is 72.1 cm³/mol. The van der Waals surface area contributed by atoms with Gasteiger partial charge in [-0.05, 0) is 38.3 Å². The number of rotatable bonds is 6. The summed E-state index contributed by atoms with van der Waals surface area (Å²) in [4.78, 5) is 2.04. The third-order valence-electron chi connectivity index (χ3n) is 3.93. The second-order valence-corrected chi connectivity index (χ2v) is 5.89. The lowest BCUT2D eigenvalue weighted by Gasteiger charge is -2.40. The molecule has 0 saturated carbocycles. The van der Waals surface area contributed by atoms with Crippen LogP contribution in [0, 0.1) is 11.8 Å². The first kappa shape index (κ1) is 16.8. The first-order valence-electron chi connectivity index (χ1n) is 7.37. The van der Waals surface area contributed by atoms with Gasteiger partial charge in [-0.3, -0.25) is 4.90 Å². The van der Waals surface area contributed by atoms with Crippen molar-refractivity contribution in [1.29, 1.82) is 0 Å². The zero-order valence-corrected chi connectivity index (χ0v) is 12.3. The highest BCUT2D eigenvalue weighted by Gasteiger charge is 2.43. The molecule has 1 rings (SSSR count). The van der Waals surface area contributed by atoms with Gasteiger partial charge in [0.1, 0.15) is 0 Å². The molecule has 2 unspecified atom stereocenters. The van der Waals surface area contributed by atoms with Gasteiger partial charge in [-0.1, -0.05) is 20.8 Å². The molecule has 1 heterocycles. The number of nitrogens with zero attached hydrogens (tertiary/aromatic N) is 1. The van der Waals surface area contributed by atoms with Crippen molar-refractivity contribution in [3.8, 4) is 0 Å². The average molecular weight is 280 g/mol. The van der Waals surface area contributed by atoms with E-state index in [9.17, 15) is 13.2 Å². The number of nitrogens with one attached hydrogen (secondary N) is 1. The molecule has 1 fully saturated rings. The first-order valence-corrected chi connectivity index (χ1v) is 7.37. The average Bonchev–Trinajstić information content (AvgIpc) is 2.33. The van der Waals surface area contributed by atoms with E-state index >= 15 is 0 Å². The minimum absolute atomic E-state index is 0.167. The maximum Gasteiger partial charge on any atom is 0.393 e. The summed E-state index contributed by atoms with van der Waals surface area (Å²) in [6.07, 6.45) is -2.05. The van der Waals surface area contributed by atoms with Crippen molar-refractivity contribution in [2.24, 2.45) is 11.8 Å². The molecule has 1 saturated heterocycles. The molecule has 1 aliphatic heterocycles. The maximum atomic E-state index is 12.8. The van der Waals surface area contributed by atoms with E-state index < -0.39 is 12.1 Å². The van der Waals surface area contributed by atoms with E-state index in [1.165, 1.54) is 0 Å². The Labute approximate surface area is 114 Å². The Bertz CT molecular complexity index is 254. The topological polar surface area (TPSA) is 15.3 Å². The van der Waals surface area contributed by atoms with Crippen molar-refractivity contribution in [1.82, 2.24) is 10.2 Å². The first-order chi connectivity index (χ1) is 8.86. The minimum atomic E-state index is -4.04. The van der Waals surface area contributed by atoms with Crippen LogP contribution in [0.1, 0.15) is 40.0 Å². The predicted octanol–water partition coefficient (Wildman–Crippen LogP) is 3.28.